The Morgan fingerprint density at radius 3 is 2.62 bits per heavy atom. The number of nitrogens with one attached hydrogen (secondary N) is 2. The number of para-hydroxylation sites is 2. The van der Waals surface area contributed by atoms with E-state index >= 15 is 0 Å². The molecule has 0 bridgehead atoms. The normalized spacial score (nSPS) is 10.8. The molecule has 32 heavy (non-hydrogen) atoms. The zero-order valence-corrected chi connectivity index (χ0v) is 19.3. The average Bonchev–Trinajstić information content (AvgIpc) is 3.12. The maximum Gasteiger partial charge on any atom is 0.226 e. The van der Waals surface area contributed by atoms with Gasteiger partial charge in [-0.05, 0) is 38.5 Å². The summed E-state index contributed by atoms with van der Waals surface area (Å²) >= 11 is 1.66. The number of carbonyl (C=O) groups is 1. The van der Waals surface area contributed by atoms with Gasteiger partial charge in [-0.3, -0.25) is 4.79 Å². The number of carbonyl (C=O) groups excluding carboxylic acids is 1. The number of anilines is 2. The molecule has 4 rings (SSSR count). The van der Waals surface area contributed by atoms with Crippen LogP contribution in [0.5, 0.6) is 5.75 Å². The minimum absolute atomic E-state index is 0.0878. The van der Waals surface area contributed by atoms with Crippen molar-refractivity contribution in [2.45, 2.75) is 27.2 Å². The second-order valence-corrected chi connectivity index (χ2v) is 8.66. The fraction of sp³-hybridized carbons (Fsp3) is 0.240. The first kappa shape index (κ1) is 21.8. The Balaban J connectivity index is 1.49. The number of amides is 1. The number of nitrogens with zero attached hydrogens (tertiary/aromatic N) is 2. The van der Waals surface area contributed by atoms with E-state index in [0.717, 1.165) is 27.2 Å². The molecule has 0 saturated carbocycles. The number of aromatic nitrogens is 2. The molecule has 2 aromatic carbocycles. The lowest BCUT2D eigenvalue weighted by Crippen LogP contribution is -2.17. The van der Waals surface area contributed by atoms with Gasteiger partial charge >= 0.3 is 0 Å². The number of rotatable bonds is 8. The van der Waals surface area contributed by atoms with E-state index in [4.69, 9.17) is 4.74 Å². The molecule has 0 spiro atoms. The lowest BCUT2D eigenvalue weighted by molar-refractivity contribution is -0.116. The highest BCUT2D eigenvalue weighted by Gasteiger charge is 2.17. The Hall–Kier alpha value is -3.45. The number of thiophene rings is 1. The number of ether oxygens (including phenoxy) is 1. The van der Waals surface area contributed by atoms with Crippen molar-refractivity contribution in [3.8, 4) is 16.9 Å². The first-order chi connectivity index (χ1) is 15.6. The number of hydrogen-bond acceptors (Lipinski definition) is 6. The molecule has 0 atom stereocenters. The molecule has 0 aliphatic rings. The second kappa shape index (κ2) is 9.78. The summed E-state index contributed by atoms with van der Waals surface area (Å²) in [6, 6.07) is 15.9. The van der Waals surface area contributed by atoms with Crippen LogP contribution in [0.1, 0.15) is 23.8 Å². The van der Waals surface area contributed by atoms with Crippen molar-refractivity contribution in [2.24, 2.45) is 0 Å². The molecule has 0 radical (unpaired) electrons. The van der Waals surface area contributed by atoms with Crippen LogP contribution in [0, 0.1) is 13.8 Å². The zero-order valence-electron chi connectivity index (χ0n) is 18.4. The number of benzene rings is 2. The third-order valence-electron chi connectivity index (χ3n) is 5.11. The second-order valence-electron chi connectivity index (χ2n) is 7.46. The molecule has 1 amide bonds. The number of aryl methyl sites for hydroxylation is 2. The average molecular weight is 447 g/mol. The Bertz CT molecular complexity index is 1230. The van der Waals surface area contributed by atoms with Crippen molar-refractivity contribution >= 4 is 39.0 Å². The molecule has 0 aliphatic carbocycles. The molecule has 2 aromatic heterocycles. The van der Waals surface area contributed by atoms with Gasteiger partial charge in [0, 0.05) is 23.4 Å². The third kappa shape index (κ3) is 4.73. The minimum atomic E-state index is -0.0878. The molecule has 0 unspecified atom stereocenters. The summed E-state index contributed by atoms with van der Waals surface area (Å²) < 4.78 is 5.58. The summed E-state index contributed by atoms with van der Waals surface area (Å²) in [5.41, 5.74) is 4.18. The lowest BCUT2D eigenvalue weighted by Gasteiger charge is -2.12. The van der Waals surface area contributed by atoms with Crippen molar-refractivity contribution in [1.82, 2.24) is 9.97 Å². The minimum Gasteiger partial charge on any atom is -0.492 e. The molecule has 7 heteroatoms. The first-order valence-corrected chi connectivity index (χ1v) is 11.4. The fourth-order valence-electron chi connectivity index (χ4n) is 3.60. The van der Waals surface area contributed by atoms with Gasteiger partial charge in [0.1, 0.15) is 22.7 Å². The van der Waals surface area contributed by atoms with Gasteiger partial charge in [-0.1, -0.05) is 42.0 Å². The number of hydrogen-bond donors (Lipinski definition) is 2. The van der Waals surface area contributed by atoms with Gasteiger partial charge in [-0.25, -0.2) is 9.97 Å². The Morgan fingerprint density at radius 1 is 1.06 bits per heavy atom. The maximum atomic E-state index is 12.5. The summed E-state index contributed by atoms with van der Waals surface area (Å²) in [6.07, 6.45) is 1.87. The summed E-state index contributed by atoms with van der Waals surface area (Å²) in [5.74, 6) is 1.33. The predicted octanol–water partition coefficient (Wildman–Crippen LogP) is 5.81. The summed E-state index contributed by atoms with van der Waals surface area (Å²) in [6.45, 7) is 7.10. The van der Waals surface area contributed by atoms with E-state index < -0.39 is 0 Å². The molecule has 0 fully saturated rings. The molecule has 2 heterocycles. The van der Waals surface area contributed by atoms with Crippen molar-refractivity contribution in [2.75, 3.05) is 23.8 Å². The molecule has 6 nitrogen and oxygen atoms in total. The van der Waals surface area contributed by atoms with E-state index in [-0.39, 0.29) is 5.91 Å². The smallest absolute Gasteiger partial charge is 0.226 e. The van der Waals surface area contributed by atoms with Crippen LogP contribution in [-0.2, 0) is 4.79 Å². The van der Waals surface area contributed by atoms with Crippen LogP contribution >= 0.6 is 11.3 Å². The van der Waals surface area contributed by atoms with Gasteiger partial charge in [0.15, 0.2) is 0 Å². The molecule has 4 aromatic rings. The van der Waals surface area contributed by atoms with Crippen LogP contribution in [0.25, 0.3) is 21.3 Å². The Morgan fingerprint density at radius 2 is 1.84 bits per heavy atom. The molecular formula is C25H26N4O2S. The largest absolute Gasteiger partial charge is 0.492 e. The van der Waals surface area contributed by atoms with Gasteiger partial charge in [-0.2, -0.15) is 0 Å². The Labute approximate surface area is 191 Å². The van der Waals surface area contributed by atoms with Crippen LogP contribution in [0.2, 0.25) is 0 Å². The van der Waals surface area contributed by atoms with Crippen LogP contribution in [-0.4, -0.2) is 29.0 Å². The van der Waals surface area contributed by atoms with Crippen molar-refractivity contribution in [3.05, 3.63) is 65.3 Å². The van der Waals surface area contributed by atoms with Gasteiger partial charge in [0.2, 0.25) is 5.91 Å². The van der Waals surface area contributed by atoms with Crippen LogP contribution in [0.15, 0.2) is 54.9 Å². The molecule has 0 aliphatic heterocycles. The molecular weight excluding hydrogens is 420 g/mol. The van der Waals surface area contributed by atoms with Crippen LogP contribution in [0.4, 0.5) is 11.5 Å². The molecule has 164 valence electrons. The van der Waals surface area contributed by atoms with Gasteiger partial charge in [0.25, 0.3) is 0 Å². The SMILES string of the molecule is CCOc1ccccc1NC(=O)CCNc1ncnc2sc(C)c(-c3ccc(C)cc3)c12. The van der Waals surface area contributed by atoms with E-state index in [2.05, 4.69) is 58.7 Å². The van der Waals surface area contributed by atoms with E-state index in [9.17, 15) is 4.79 Å². The summed E-state index contributed by atoms with van der Waals surface area (Å²) in [7, 11) is 0. The lowest BCUT2D eigenvalue weighted by atomic mass is 10.0. The third-order valence-corrected chi connectivity index (χ3v) is 6.12. The predicted molar refractivity (Wildman–Crippen MR) is 132 cm³/mol. The van der Waals surface area contributed by atoms with E-state index in [1.165, 1.54) is 10.4 Å². The molecule has 0 saturated heterocycles. The maximum absolute atomic E-state index is 12.5. The van der Waals surface area contributed by atoms with Crippen molar-refractivity contribution in [3.63, 3.8) is 0 Å². The highest BCUT2D eigenvalue weighted by atomic mass is 32.1. The van der Waals surface area contributed by atoms with E-state index in [1.54, 1.807) is 17.7 Å². The van der Waals surface area contributed by atoms with Gasteiger partial charge in [0.05, 0.1) is 17.7 Å². The van der Waals surface area contributed by atoms with Crippen LogP contribution in [0.3, 0.4) is 0 Å². The van der Waals surface area contributed by atoms with Gasteiger partial charge in [-0.15, -0.1) is 11.3 Å². The van der Waals surface area contributed by atoms with Crippen molar-refractivity contribution in [1.29, 1.82) is 0 Å². The Kier molecular flexibility index (Phi) is 6.66. The first-order valence-electron chi connectivity index (χ1n) is 10.6. The highest BCUT2D eigenvalue weighted by Crippen LogP contribution is 2.40. The fourth-order valence-corrected chi connectivity index (χ4v) is 4.62. The standard InChI is InChI=1S/C25H26N4O2S/c1-4-31-20-8-6-5-7-19(20)29-21(30)13-14-26-24-23-22(18-11-9-16(2)10-12-18)17(3)32-25(23)28-15-27-24/h5-12,15H,4,13-14H2,1-3H3,(H,29,30)(H,26,27,28). The topological polar surface area (TPSA) is 76.1 Å². The van der Waals surface area contributed by atoms with Crippen LogP contribution < -0.4 is 15.4 Å². The molecule has 2 N–H and O–H groups in total. The number of fused-ring (bicyclic) bond motifs is 1. The highest BCUT2D eigenvalue weighted by molar-refractivity contribution is 7.19. The summed E-state index contributed by atoms with van der Waals surface area (Å²) in [5, 5.41) is 7.27. The van der Waals surface area contributed by atoms with Gasteiger partial charge < -0.3 is 15.4 Å². The van der Waals surface area contributed by atoms with Crippen molar-refractivity contribution < 1.29 is 9.53 Å². The summed E-state index contributed by atoms with van der Waals surface area (Å²) in [4.78, 5) is 23.6. The monoisotopic (exact) mass is 446 g/mol. The van der Waals surface area contributed by atoms with E-state index in [1.807, 2.05) is 31.2 Å². The quantitative estimate of drug-likeness (QED) is 0.357. The van der Waals surface area contributed by atoms with E-state index in [0.29, 0.717) is 31.0 Å². The zero-order chi connectivity index (χ0) is 22.5.